The van der Waals surface area contributed by atoms with E-state index in [0.717, 1.165) is 17.0 Å². The van der Waals surface area contributed by atoms with Crippen LogP contribution in [0, 0.1) is 27.2 Å². The summed E-state index contributed by atoms with van der Waals surface area (Å²) < 4.78 is 5.68. The van der Waals surface area contributed by atoms with Gasteiger partial charge in [0.05, 0.1) is 33.1 Å². The zero-order chi connectivity index (χ0) is 22.9. The number of esters is 1. The van der Waals surface area contributed by atoms with E-state index in [1.165, 1.54) is 13.0 Å². The van der Waals surface area contributed by atoms with Crippen molar-refractivity contribution >= 4 is 45.1 Å². The van der Waals surface area contributed by atoms with Crippen LogP contribution in [0.25, 0.3) is 0 Å². The summed E-state index contributed by atoms with van der Waals surface area (Å²) in [5.41, 5.74) is -1.10. The number of hydrogen-bond donors (Lipinski definition) is 0. The molecule has 2 amide bonds. The van der Waals surface area contributed by atoms with Crippen LogP contribution in [-0.4, -0.2) is 45.7 Å². The topological polar surface area (TPSA) is 150 Å². The maximum atomic E-state index is 12.4. The first-order valence-corrected chi connectivity index (χ1v) is 9.67. The number of ether oxygens (including phenoxy) is 1. The molecule has 11 nitrogen and oxygen atoms in total. The van der Waals surface area contributed by atoms with Crippen LogP contribution < -0.4 is 0 Å². The first kappa shape index (κ1) is 22.0. The Hall–Kier alpha value is -3.67. The molecule has 0 radical (unpaired) electrons. The van der Waals surface area contributed by atoms with Gasteiger partial charge in [-0.2, -0.15) is 0 Å². The molecule has 0 aliphatic carbocycles. The molecule has 0 fully saturated rings. The molecule has 3 rings (SSSR count). The quantitative estimate of drug-likeness (QED) is 0.188. The van der Waals surface area contributed by atoms with Crippen LogP contribution in [0.3, 0.4) is 0 Å². The van der Waals surface area contributed by atoms with Crippen LogP contribution in [0.5, 0.6) is 0 Å². The van der Waals surface area contributed by atoms with E-state index in [2.05, 4.69) is 15.9 Å². The summed E-state index contributed by atoms with van der Waals surface area (Å²) in [6.45, 7) is 1.00. The van der Waals surface area contributed by atoms with Crippen LogP contribution in [0.15, 0.2) is 34.8 Å². The molecule has 0 spiro atoms. The maximum absolute atomic E-state index is 12.4. The molecule has 0 atom stereocenters. The van der Waals surface area contributed by atoms with Crippen LogP contribution >= 0.6 is 15.9 Å². The summed E-state index contributed by atoms with van der Waals surface area (Å²) in [6.07, 6.45) is 0.119. The number of rotatable bonds is 7. The summed E-state index contributed by atoms with van der Waals surface area (Å²) in [4.78, 5) is 58.6. The van der Waals surface area contributed by atoms with E-state index in [4.69, 9.17) is 4.74 Å². The number of nitro benzene ring substituents is 2. The first-order chi connectivity index (χ1) is 14.6. The molecule has 1 heterocycles. The molecular weight excluding hydrogens is 478 g/mol. The Labute approximate surface area is 183 Å². The molecule has 0 bridgehead atoms. The van der Waals surface area contributed by atoms with Gasteiger partial charge >= 0.3 is 5.97 Å². The average Bonchev–Trinajstić information content (AvgIpc) is 2.94. The molecule has 160 valence electrons. The Morgan fingerprint density at radius 2 is 1.61 bits per heavy atom. The molecule has 0 aromatic heterocycles. The van der Waals surface area contributed by atoms with Crippen LogP contribution in [0.1, 0.15) is 43.1 Å². The molecule has 2 aromatic rings. The number of amides is 2. The van der Waals surface area contributed by atoms with Gasteiger partial charge in [-0.25, -0.2) is 4.79 Å². The zero-order valence-corrected chi connectivity index (χ0v) is 17.6. The number of nitrogens with zero attached hydrogens (tertiary/aromatic N) is 3. The highest BCUT2D eigenvalue weighted by Crippen LogP contribution is 2.30. The predicted octanol–water partition coefficient (Wildman–Crippen LogP) is 3.42. The highest BCUT2D eigenvalue weighted by atomic mass is 79.9. The lowest BCUT2D eigenvalue weighted by atomic mass is 10.1. The summed E-state index contributed by atoms with van der Waals surface area (Å²) in [6, 6.07) is 6.55. The van der Waals surface area contributed by atoms with E-state index in [-0.39, 0.29) is 41.8 Å². The molecule has 2 aromatic carbocycles. The van der Waals surface area contributed by atoms with Crippen molar-refractivity contribution in [3.05, 3.63) is 77.3 Å². The van der Waals surface area contributed by atoms with Gasteiger partial charge in [-0.3, -0.25) is 34.7 Å². The van der Waals surface area contributed by atoms with E-state index in [1.807, 2.05) is 0 Å². The smallest absolute Gasteiger partial charge is 0.338 e. The number of hydrogen-bond acceptors (Lipinski definition) is 8. The Kier molecular flexibility index (Phi) is 6.11. The fourth-order valence-electron chi connectivity index (χ4n) is 3.12. The van der Waals surface area contributed by atoms with Crippen LogP contribution in [0.4, 0.5) is 11.4 Å². The second-order valence-corrected chi connectivity index (χ2v) is 7.51. The summed E-state index contributed by atoms with van der Waals surface area (Å²) in [7, 11) is 0. The average molecular weight is 492 g/mol. The minimum atomic E-state index is -0.988. The Morgan fingerprint density at radius 1 is 1.03 bits per heavy atom. The largest absolute Gasteiger partial charge is 0.462 e. The lowest BCUT2D eigenvalue weighted by molar-refractivity contribution is -0.395. The number of nitro groups is 2. The van der Waals surface area contributed by atoms with E-state index in [0.29, 0.717) is 4.47 Å². The standard InChI is InChI=1S/C19H14BrN3O8/c1-10-15(22(27)28)7-11(8-16(10)23(29)30)19(26)31-6-2-5-21-17(24)13-4-3-12(20)9-14(13)18(21)25/h3-4,7-9H,2,5-6H2,1H3. The van der Waals surface area contributed by atoms with Crippen molar-refractivity contribution in [2.24, 2.45) is 0 Å². The fraction of sp³-hybridized carbons (Fsp3) is 0.211. The summed E-state index contributed by atoms with van der Waals surface area (Å²) in [5.74, 6) is -1.90. The van der Waals surface area contributed by atoms with Crippen LogP contribution in [0.2, 0.25) is 0 Å². The zero-order valence-electron chi connectivity index (χ0n) is 16.0. The second-order valence-electron chi connectivity index (χ2n) is 6.60. The highest BCUT2D eigenvalue weighted by molar-refractivity contribution is 9.10. The molecular formula is C19H14BrN3O8. The molecule has 1 aliphatic rings. The van der Waals surface area contributed by atoms with Crippen molar-refractivity contribution in [2.75, 3.05) is 13.2 Å². The monoisotopic (exact) mass is 491 g/mol. The van der Waals surface area contributed by atoms with Crippen molar-refractivity contribution in [1.82, 2.24) is 4.90 Å². The van der Waals surface area contributed by atoms with Gasteiger partial charge < -0.3 is 4.74 Å². The number of imide groups is 1. The molecule has 0 N–H and O–H groups in total. The van der Waals surface area contributed by atoms with Crippen molar-refractivity contribution in [1.29, 1.82) is 0 Å². The minimum Gasteiger partial charge on any atom is -0.462 e. The van der Waals surface area contributed by atoms with Gasteiger partial charge in [0.25, 0.3) is 23.2 Å². The number of carbonyl (C=O) groups is 3. The van der Waals surface area contributed by atoms with Gasteiger partial charge in [0, 0.05) is 23.2 Å². The van der Waals surface area contributed by atoms with Gasteiger partial charge in [-0.15, -0.1) is 0 Å². The SMILES string of the molecule is Cc1c([N+](=O)[O-])cc(C(=O)OCCCN2C(=O)c3ccc(Br)cc3C2=O)cc1[N+](=O)[O-]. The fourth-order valence-corrected chi connectivity index (χ4v) is 3.48. The van der Waals surface area contributed by atoms with Crippen molar-refractivity contribution in [2.45, 2.75) is 13.3 Å². The molecule has 0 saturated carbocycles. The molecule has 0 unspecified atom stereocenters. The third kappa shape index (κ3) is 4.28. The molecule has 1 aliphatic heterocycles. The predicted molar refractivity (Wildman–Crippen MR) is 109 cm³/mol. The van der Waals surface area contributed by atoms with E-state index in [1.54, 1.807) is 12.1 Å². The van der Waals surface area contributed by atoms with Crippen molar-refractivity contribution in [3.8, 4) is 0 Å². The Balaban J connectivity index is 1.64. The number of benzene rings is 2. The van der Waals surface area contributed by atoms with Gasteiger partial charge in [0.2, 0.25) is 0 Å². The van der Waals surface area contributed by atoms with Crippen molar-refractivity contribution in [3.63, 3.8) is 0 Å². The van der Waals surface area contributed by atoms with Gasteiger partial charge in [-0.05, 0) is 31.5 Å². The van der Waals surface area contributed by atoms with Gasteiger partial charge in [-0.1, -0.05) is 15.9 Å². The highest BCUT2D eigenvalue weighted by Gasteiger charge is 2.35. The summed E-state index contributed by atoms with van der Waals surface area (Å²) >= 11 is 3.24. The van der Waals surface area contributed by atoms with E-state index >= 15 is 0 Å². The van der Waals surface area contributed by atoms with Gasteiger partial charge in [0.15, 0.2) is 0 Å². The third-order valence-electron chi connectivity index (χ3n) is 4.67. The number of carbonyl (C=O) groups excluding carboxylic acids is 3. The first-order valence-electron chi connectivity index (χ1n) is 8.88. The minimum absolute atomic E-state index is 0.00849. The van der Waals surface area contributed by atoms with Crippen molar-refractivity contribution < 1.29 is 29.0 Å². The lowest BCUT2D eigenvalue weighted by Gasteiger charge is -2.13. The Morgan fingerprint density at radius 3 is 2.19 bits per heavy atom. The van der Waals surface area contributed by atoms with E-state index in [9.17, 15) is 34.6 Å². The summed E-state index contributed by atoms with van der Waals surface area (Å²) in [5, 5.41) is 22.2. The van der Waals surface area contributed by atoms with Crippen LogP contribution in [-0.2, 0) is 4.74 Å². The second kappa shape index (κ2) is 8.60. The van der Waals surface area contributed by atoms with E-state index < -0.39 is 39.0 Å². The number of fused-ring (bicyclic) bond motifs is 1. The lowest BCUT2D eigenvalue weighted by Crippen LogP contribution is -2.31. The molecule has 0 saturated heterocycles. The maximum Gasteiger partial charge on any atom is 0.338 e. The normalized spacial score (nSPS) is 12.6. The Bertz CT molecular complexity index is 1110. The van der Waals surface area contributed by atoms with Gasteiger partial charge in [0.1, 0.15) is 5.56 Å². The number of halogens is 1. The molecule has 12 heteroatoms. The molecule has 31 heavy (non-hydrogen) atoms. The third-order valence-corrected chi connectivity index (χ3v) is 5.17.